The number of benzene rings is 2. The molecule has 1 aromatic heterocycles. The van der Waals surface area contributed by atoms with Crippen molar-refractivity contribution in [2.24, 2.45) is 5.92 Å². The fourth-order valence-electron chi connectivity index (χ4n) is 2.83. The van der Waals surface area contributed by atoms with Gasteiger partial charge >= 0.3 is 0 Å². The minimum absolute atomic E-state index is 0.115. The molecular formula is C20H20N4O. The smallest absolute Gasteiger partial charge is 0.255 e. The van der Waals surface area contributed by atoms with Gasteiger partial charge in [0.25, 0.3) is 5.91 Å². The fraction of sp³-hybridized carbons (Fsp3) is 0.250. The van der Waals surface area contributed by atoms with Crippen molar-refractivity contribution in [1.29, 1.82) is 0 Å². The van der Waals surface area contributed by atoms with E-state index in [4.69, 9.17) is 0 Å². The van der Waals surface area contributed by atoms with Gasteiger partial charge in [-0.1, -0.05) is 35.5 Å². The molecule has 0 spiro atoms. The third-order valence-corrected chi connectivity index (χ3v) is 4.49. The Labute approximate surface area is 146 Å². The van der Waals surface area contributed by atoms with Gasteiger partial charge in [-0.05, 0) is 49.4 Å². The number of hydrogen-bond donors (Lipinski definition) is 1. The number of carbonyl (C=O) groups excluding carboxylic acids is 1. The standard InChI is InChI=1S/C20H20N4O/c1-14-7-10-16(19-13-24(23-22-19)12-15-8-9-15)11-18(14)20(25)21-17-5-3-2-4-6-17/h2-7,10-11,13,15H,8-9,12H2,1H3,(H,21,25). The number of aromatic nitrogens is 3. The van der Waals surface area contributed by atoms with Crippen LogP contribution in [0.1, 0.15) is 28.8 Å². The first-order valence-electron chi connectivity index (χ1n) is 8.56. The summed E-state index contributed by atoms with van der Waals surface area (Å²) in [4.78, 5) is 12.6. The summed E-state index contributed by atoms with van der Waals surface area (Å²) >= 11 is 0. The van der Waals surface area contributed by atoms with Crippen molar-refractivity contribution in [3.8, 4) is 11.3 Å². The summed E-state index contributed by atoms with van der Waals surface area (Å²) in [5, 5.41) is 11.4. The number of hydrogen-bond acceptors (Lipinski definition) is 3. The van der Waals surface area contributed by atoms with Crippen molar-refractivity contribution in [2.45, 2.75) is 26.3 Å². The molecule has 1 N–H and O–H groups in total. The molecule has 25 heavy (non-hydrogen) atoms. The number of anilines is 1. The van der Waals surface area contributed by atoms with Crippen LogP contribution < -0.4 is 5.32 Å². The lowest BCUT2D eigenvalue weighted by atomic mass is 10.0. The van der Waals surface area contributed by atoms with Crippen molar-refractivity contribution < 1.29 is 4.79 Å². The van der Waals surface area contributed by atoms with Gasteiger partial charge in [-0.15, -0.1) is 5.10 Å². The van der Waals surface area contributed by atoms with E-state index in [9.17, 15) is 4.79 Å². The van der Waals surface area contributed by atoms with Gasteiger partial charge in [0.05, 0.1) is 6.20 Å². The number of aryl methyl sites for hydroxylation is 1. The molecule has 1 heterocycles. The maximum Gasteiger partial charge on any atom is 0.255 e. The van der Waals surface area contributed by atoms with Gasteiger partial charge in [0.15, 0.2) is 0 Å². The molecule has 126 valence electrons. The van der Waals surface area contributed by atoms with E-state index in [1.54, 1.807) is 0 Å². The third kappa shape index (κ3) is 3.60. The molecule has 2 aromatic carbocycles. The molecule has 1 fully saturated rings. The van der Waals surface area contributed by atoms with E-state index >= 15 is 0 Å². The van der Waals surface area contributed by atoms with Crippen LogP contribution in [0, 0.1) is 12.8 Å². The Bertz CT molecular complexity index is 897. The summed E-state index contributed by atoms with van der Waals surface area (Å²) in [6, 6.07) is 15.3. The first kappa shape index (κ1) is 15.6. The Hall–Kier alpha value is -2.95. The van der Waals surface area contributed by atoms with Crippen molar-refractivity contribution in [3.05, 3.63) is 65.9 Å². The second kappa shape index (κ2) is 6.51. The molecule has 1 amide bonds. The molecular weight excluding hydrogens is 312 g/mol. The maximum absolute atomic E-state index is 12.6. The Kier molecular flexibility index (Phi) is 4.06. The molecule has 5 heteroatoms. The Morgan fingerprint density at radius 1 is 1.20 bits per heavy atom. The molecule has 0 bridgehead atoms. The first-order valence-corrected chi connectivity index (χ1v) is 8.56. The molecule has 1 saturated carbocycles. The summed E-state index contributed by atoms with van der Waals surface area (Å²) < 4.78 is 1.90. The minimum atomic E-state index is -0.115. The first-order chi connectivity index (χ1) is 12.2. The molecule has 0 unspecified atom stereocenters. The van der Waals surface area contributed by atoms with Gasteiger partial charge in [0.1, 0.15) is 5.69 Å². The van der Waals surface area contributed by atoms with E-state index in [0.717, 1.165) is 35.0 Å². The molecule has 0 aliphatic heterocycles. The second-order valence-corrected chi connectivity index (χ2v) is 6.62. The highest BCUT2D eigenvalue weighted by atomic mass is 16.1. The lowest BCUT2D eigenvalue weighted by Crippen LogP contribution is -2.13. The van der Waals surface area contributed by atoms with Gasteiger partial charge in [-0.3, -0.25) is 9.48 Å². The van der Waals surface area contributed by atoms with Crippen LogP contribution in [-0.4, -0.2) is 20.9 Å². The summed E-state index contributed by atoms with van der Waals surface area (Å²) in [5.41, 5.74) is 4.08. The average molecular weight is 332 g/mol. The quantitative estimate of drug-likeness (QED) is 0.770. The largest absolute Gasteiger partial charge is 0.322 e. The SMILES string of the molecule is Cc1ccc(-c2cn(CC3CC3)nn2)cc1C(=O)Nc1ccccc1. The van der Waals surface area contributed by atoms with Gasteiger partial charge < -0.3 is 5.32 Å². The zero-order valence-corrected chi connectivity index (χ0v) is 14.1. The highest BCUT2D eigenvalue weighted by molar-refractivity contribution is 6.05. The van der Waals surface area contributed by atoms with E-state index in [1.807, 2.05) is 66.3 Å². The van der Waals surface area contributed by atoms with Gasteiger partial charge in [-0.2, -0.15) is 0 Å². The number of para-hydroxylation sites is 1. The zero-order valence-electron chi connectivity index (χ0n) is 14.1. The van der Waals surface area contributed by atoms with Crippen LogP contribution in [0.2, 0.25) is 0 Å². The minimum Gasteiger partial charge on any atom is -0.322 e. The van der Waals surface area contributed by atoms with Crippen molar-refractivity contribution in [2.75, 3.05) is 5.32 Å². The monoisotopic (exact) mass is 332 g/mol. The van der Waals surface area contributed by atoms with E-state index in [-0.39, 0.29) is 5.91 Å². The molecule has 1 aliphatic rings. The average Bonchev–Trinajstić information content (AvgIpc) is 3.31. The maximum atomic E-state index is 12.6. The summed E-state index contributed by atoms with van der Waals surface area (Å²) in [7, 11) is 0. The number of amides is 1. The van der Waals surface area contributed by atoms with Crippen LogP contribution in [0.4, 0.5) is 5.69 Å². The Balaban J connectivity index is 1.57. The van der Waals surface area contributed by atoms with Crippen LogP contribution in [-0.2, 0) is 6.54 Å². The van der Waals surface area contributed by atoms with Crippen LogP contribution in [0.5, 0.6) is 0 Å². The van der Waals surface area contributed by atoms with Crippen molar-refractivity contribution in [3.63, 3.8) is 0 Å². The summed E-state index contributed by atoms with van der Waals surface area (Å²) in [5.74, 6) is 0.635. The predicted octanol–water partition coefficient (Wildman–Crippen LogP) is 3.92. The predicted molar refractivity (Wildman–Crippen MR) is 97.3 cm³/mol. The summed E-state index contributed by atoms with van der Waals surface area (Å²) in [6.07, 6.45) is 4.52. The Morgan fingerprint density at radius 3 is 2.76 bits per heavy atom. The second-order valence-electron chi connectivity index (χ2n) is 6.62. The van der Waals surface area contributed by atoms with Crippen molar-refractivity contribution in [1.82, 2.24) is 15.0 Å². The zero-order chi connectivity index (χ0) is 17.2. The topological polar surface area (TPSA) is 59.8 Å². The molecule has 0 radical (unpaired) electrons. The van der Waals surface area contributed by atoms with Crippen LogP contribution in [0.3, 0.4) is 0 Å². The Morgan fingerprint density at radius 2 is 2.00 bits per heavy atom. The van der Waals surface area contributed by atoms with E-state index < -0.39 is 0 Å². The van der Waals surface area contributed by atoms with E-state index in [1.165, 1.54) is 12.8 Å². The number of nitrogens with one attached hydrogen (secondary N) is 1. The lowest BCUT2D eigenvalue weighted by molar-refractivity contribution is 0.102. The summed E-state index contributed by atoms with van der Waals surface area (Å²) in [6.45, 7) is 2.87. The van der Waals surface area contributed by atoms with E-state index in [0.29, 0.717) is 5.56 Å². The molecule has 1 aliphatic carbocycles. The van der Waals surface area contributed by atoms with Gasteiger partial charge in [-0.25, -0.2) is 0 Å². The molecule has 0 saturated heterocycles. The van der Waals surface area contributed by atoms with Gasteiger partial charge in [0.2, 0.25) is 0 Å². The molecule has 3 aromatic rings. The van der Waals surface area contributed by atoms with Crippen LogP contribution >= 0.6 is 0 Å². The number of carbonyl (C=O) groups is 1. The fourth-order valence-corrected chi connectivity index (χ4v) is 2.83. The highest BCUT2D eigenvalue weighted by Gasteiger charge is 2.22. The van der Waals surface area contributed by atoms with Crippen LogP contribution in [0.15, 0.2) is 54.7 Å². The lowest BCUT2D eigenvalue weighted by Gasteiger charge is -2.09. The molecule has 4 rings (SSSR count). The number of nitrogens with zero attached hydrogens (tertiary/aromatic N) is 3. The van der Waals surface area contributed by atoms with Gasteiger partial charge in [0, 0.05) is 23.4 Å². The third-order valence-electron chi connectivity index (χ3n) is 4.49. The highest BCUT2D eigenvalue weighted by Crippen LogP contribution is 2.30. The molecule has 5 nitrogen and oxygen atoms in total. The van der Waals surface area contributed by atoms with Crippen molar-refractivity contribution >= 4 is 11.6 Å². The molecule has 0 atom stereocenters. The number of rotatable bonds is 5. The van der Waals surface area contributed by atoms with Crippen LogP contribution in [0.25, 0.3) is 11.3 Å². The van der Waals surface area contributed by atoms with E-state index in [2.05, 4.69) is 15.6 Å². The normalized spacial score (nSPS) is 13.6.